The van der Waals surface area contributed by atoms with Gasteiger partial charge in [-0.15, -0.1) is 0 Å². The summed E-state index contributed by atoms with van der Waals surface area (Å²) in [5, 5.41) is 8.60. The fraction of sp³-hybridized carbons (Fsp3) is 0.417. The van der Waals surface area contributed by atoms with Gasteiger partial charge < -0.3 is 9.84 Å². The van der Waals surface area contributed by atoms with Gasteiger partial charge in [-0.3, -0.25) is 0 Å². The second-order valence-corrected chi connectivity index (χ2v) is 5.61. The lowest BCUT2D eigenvalue weighted by Crippen LogP contribution is -2.25. The van der Waals surface area contributed by atoms with E-state index in [1.165, 1.54) is 31.4 Å². The van der Waals surface area contributed by atoms with Gasteiger partial charge >= 0.3 is 5.97 Å². The van der Waals surface area contributed by atoms with Crippen LogP contribution in [-0.2, 0) is 14.8 Å². The van der Waals surface area contributed by atoms with Crippen molar-refractivity contribution in [3.8, 4) is 0 Å². The van der Waals surface area contributed by atoms with E-state index in [9.17, 15) is 13.2 Å². The lowest BCUT2D eigenvalue weighted by Gasteiger charge is -2.07. The molecule has 0 saturated heterocycles. The maximum absolute atomic E-state index is 11.9. The molecule has 0 amide bonds. The SMILES string of the molecule is COC(=O)c1ccc(S(=O)(=O)NCCCCO)cc1. The van der Waals surface area contributed by atoms with Gasteiger partial charge in [0.25, 0.3) is 0 Å². The molecule has 0 saturated carbocycles. The molecule has 1 rings (SSSR count). The molecule has 7 heteroatoms. The second-order valence-electron chi connectivity index (χ2n) is 3.84. The summed E-state index contributed by atoms with van der Waals surface area (Å²) < 4.78 is 30.7. The van der Waals surface area contributed by atoms with Crippen LogP contribution in [0.4, 0.5) is 0 Å². The first-order valence-electron chi connectivity index (χ1n) is 5.80. The Morgan fingerprint density at radius 1 is 1.26 bits per heavy atom. The molecule has 0 aliphatic heterocycles. The zero-order valence-corrected chi connectivity index (χ0v) is 11.4. The van der Waals surface area contributed by atoms with Crippen LogP contribution in [0.5, 0.6) is 0 Å². The number of aliphatic hydroxyl groups excluding tert-OH is 1. The predicted molar refractivity (Wildman–Crippen MR) is 69.3 cm³/mol. The maximum Gasteiger partial charge on any atom is 0.337 e. The van der Waals surface area contributed by atoms with Crippen LogP contribution in [0.1, 0.15) is 23.2 Å². The van der Waals surface area contributed by atoms with E-state index in [4.69, 9.17) is 5.11 Å². The highest BCUT2D eigenvalue weighted by atomic mass is 32.2. The van der Waals surface area contributed by atoms with E-state index >= 15 is 0 Å². The molecular formula is C12H17NO5S. The van der Waals surface area contributed by atoms with Crippen molar-refractivity contribution in [2.45, 2.75) is 17.7 Å². The van der Waals surface area contributed by atoms with Crippen LogP contribution in [0.3, 0.4) is 0 Å². The molecule has 19 heavy (non-hydrogen) atoms. The normalized spacial score (nSPS) is 11.3. The first kappa shape index (κ1) is 15.6. The van der Waals surface area contributed by atoms with Crippen LogP contribution >= 0.6 is 0 Å². The zero-order chi connectivity index (χ0) is 14.3. The van der Waals surface area contributed by atoms with Gasteiger partial charge in [0.15, 0.2) is 0 Å². The number of sulfonamides is 1. The van der Waals surface area contributed by atoms with Crippen LogP contribution in [0.2, 0.25) is 0 Å². The van der Waals surface area contributed by atoms with Gasteiger partial charge in [-0.25, -0.2) is 17.9 Å². The van der Waals surface area contributed by atoms with Crippen molar-refractivity contribution < 1.29 is 23.1 Å². The lowest BCUT2D eigenvalue weighted by molar-refractivity contribution is 0.0600. The van der Waals surface area contributed by atoms with E-state index in [0.717, 1.165) is 0 Å². The molecule has 106 valence electrons. The van der Waals surface area contributed by atoms with Gasteiger partial charge in [0, 0.05) is 13.2 Å². The van der Waals surface area contributed by atoms with Gasteiger partial charge in [-0.05, 0) is 37.1 Å². The number of methoxy groups -OCH3 is 1. The number of unbranched alkanes of at least 4 members (excludes halogenated alkanes) is 1. The van der Waals surface area contributed by atoms with E-state index in [-0.39, 0.29) is 18.0 Å². The third-order valence-corrected chi connectivity index (χ3v) is 3.94. The molecule has 0 aliphatic rings. The lowest BCUT2D eigenvalue weighted by atomic mass is 10.2. The maximum atomic E-state index is 11.9. The molecule has 6 nitrogen and oxygen atoms in total. The Morgan fingerprint density at radius 3 is 2.42 bits per heavy atom. The predicted octanol–water partition coefficient (Wildman–Crippen LogP) is 0.524. The van der Waals surface area contributed by atoms with Gasteiger partial charge in [-0.1, -0.05) is 0 Å². The fourth-order valence-corrected chi connectivity index (χ4v) is 2.49. The number of carbonyl (C=O) groups excluding carboxylic acids is 1. The molecule has 1 aromatic rings. The summed E-state index contributed by atoms with van der Waals surface area (Å²) in [5.74, 6) is -0.514. The van der Waals surface area contributed by atoms with Crippen LogP contribution < -0.4 is 4.72 Å². The van der Waals surface area contributed by atoms with Crippen LogP contribution in [0.25, 0.3) is 0 Å². The standard InChI is InChI=1S/C12H17NO5S/c1-18-12(15)10-4-6-11(7-5-10)19(16,17)13-8-2-3-9-14/h4-7,13-14H,2-3,8-9H2,1H3. The minimum atomic E-state index is -3.57. The van der Waals surface area contributed by atoms with Gasteiger partial charge in [-0.2, -0.15) is 0 Å². The smallest absolute Gasteiger partial charge is 0.337 e. The highest BCUT2D eigenvalue weighted by Crippen LogP contribution is 2.11. The monoisotopic (exact) mass is 287 g/mol. The Morgan fingerprint density at radius 2 is 1.89 bits per heavy atom. The van der Waals surface area contributed by atoms with Crippen molar-refractivity contribution in [2.75, 3.05) is 20.3 Å². The molecule has 1 aromatic carbocycles. The number of ether oxygens (including phenoxy) is 1. The van der Waals surface area contributed by atoms with E-state index in [1.807, 2.05) is 0 Å². The summed E-state index contributed by atoms with van der Waals surface area (Å²) in [4.78, 5) is 11.3. The summed E-state index contributed by atoms with van der Waals surface area (Å²) in [5.41, 5.74) is 0.293. The number of nitrogens with one attached hydrogen (secondary N) is 1. The molecule has 2 N–H and O–H groups in total. The molecular weight excluding hydrogens is 270 g/mol. The first-order chi connectivity index (χ1) is 9.01. The molecule has 0 aromatic heterocycles. The number of hydrogen-bond donors (Lipinski definition) is 2. The molecule has 0 bridgehead atoms. The highest BCUT2D eigenvalue weighted by molar-refractivity contribution is 7.89. The van der Waals surface area contributed by atoms with Crippen molar-refractivity contribution in [2.24, 2.45) is 0 Å². The Hall–Kier alpha value is -1.44. The van der Waals surface area contributed by atoms with Crippen LogP contribution in [0, 0.1) is 0 Å². The Balaban J connectivity index is 2.71. The van der Waals surface area contributed by atoms with Crippen molar-refractivity contribution in [1.82, 2.24) is 4.72 Å². The van der Waals surface area contributed by atoms with Crippen molar-refractivity contribution >= 4 is 16.0 Å². The van der Waals surface area contributed by atoms with E-state index in [0.29, 0.717) is 18.4 Å². The largest absolute Gasteiger partial charge is 0.465 e. The van der Waals surface area contributed by atoms with Crippen molar-refractivity contribution in [1.29, 1.82) is 0 Å². The van der Waals surface area contributed by atoms with Gasteiger partial charge in [0.2, 0.25) is 10.0 Å². The van der Waals surface area contributed by atoms with Gasteiger partial charge in [0.05, 0.1) is 17.6 Å². The number of hydrogen-bond acceptors (Lipinski definition) is 5. The molecule has 0 heterocycles. The van der Waals surface area contributed by atoms with Gasteiger partial charge in [0.1, 0.15) is 0 Å². The first-order valence-corrected chi connectivity index (χ1v) is 7.28. The quantitative estimate of drug-likeness (QED) is 0.563. The Kier molecular flexibility index (Phi) is 5.94. The van der Waals surface area contributed by atoms with E-state index in [1.54, 1.807) is 0 Å². The molecule has 0 fully saturated rings. The number of aliphatic hydroxyl groups is 1. The van der Waals surface area contributed by atoms with Crippen molar-refractivity contribution in [3.63, 3.8) is 0 Å². The fourth-order valence-electron chi connectivity index (χ4n) is 1.41. The molecule has 0 aliphatic carbocycles. The zero-order valence-electron chi connectivity index (χ0n) is 10.6. The molecule has 0 spiro atoms. The summed E-state index contributed by atoms with van der Waals surface area (Å²) in [6.45, 7) is 0.303. The second kappa shape index (κ2) is 7.22. The number of esters is 1. The summed E-state index contributed by atoms with van der Waals surface area (Å²) in [7, 11) is -2.31. The average Bonchev–Trinajstić information content (AvgIpc) is 2.43. The average molecular weight is 287 g/mol. The highest BCUT2D eigenvalue weighted by Gasteiger charge is 2.14. The van der Waals surface area contributed by atoms with E-state index < -0.39 is 16.0 Å². The third-order valence-electron chi connectivity index (χ3n) is 2.46. The topological polar surface area (TPSA) is 92.7 Å². The van der Waals surface area contributed by atoms with Crippen LogP contribution in [0.15, 0.2) is 29.2 Å². The Bertz CT molecular complexity index is 509. The number of carbonyl (C=O) groups is 1. The number of rotatable bonds is 7. The van der Waals surface area contributed by atoms with E-state index in [2.05, 4.69) is 9.46 Å². The minimum absolute atomic E-state index is 0.0373. The van der Waals surface area contributed by atoms with Crippen LogP contribution in [-0.4, -0.2) is 39.8 Å². The molecule has 0 radical (unpaired) electrons. The van der Waals surface area contributed by atoms with Crippen molar-refractivity contribution in [3.05, 3.63) is 29.8 Å². The molecule has 0 atom stereocenters. The summed E-state index contributed by atoms with van der Waals surface area (Å²) in [6, 6.07) is 5.49. The summed E-state index contributed by atoms with van der Waals surface area (Å²) in [6.07, 6.45) is 1.11. The summed E-state index contributed by atoms with van der Waals surface area (Å²) >= 11 is 0. The minimum Gasteiger partial charge on any atom is -0.465 e. The third kappa shape index (κ3) is 4.62. The number of benzene rings is 1. The Labute approximate surface area is 112 Å². The molecule has 0 unspecified atom stereocenters.